The van der Waals surface area contributed by atoms with E-state index < -0.39 is 0 Å². The molecule has 0 aromatic carbocycles. The maximum atomic E-state index is 7.00. The molecular weight excluding hydrogens is 258 g/mol. The number of hydrogen-bond donors (Lipinski definition) is 2. The molecule has 0 heterocycles. The van der Waals surface area contributed by atoms with Gasteiger partial charge in [0.05, 0.1) is 0 Å². The monoisotopic (exact) mass is 309 g/mol. The van der Waals surface area contributed by atoms with Crippen LogP contribution in [0.1, 0.15) is 91.0 Å². The van der Waals surface area contributed by atoms with E-state index in [0.717, 1.165) is 13.7 Å². The molecule has 0 radical (unpaired) electrons. The first-order valence-corrected chi connectivity index (χ1v) is 6.62. The minimum atomic E-state index is 0. The van der Waals surface area contributed by atoms with Gasteiger partial charge in [-0.3, -0.25) is 0 Å². The second-order valence-electron chi connectivity index (χ2n) is 6.89. The molecule has 0 amide bonds. The summed E-state index contributed by atoms with van der Waals surface area (Å²) < 4.78 is 0. The van der Waals surface area contributed by atoms with Gasteiger partial charge in [-0.25, -0.2) is 0 Å². The van der Waals surface area contributed by atoms with Crippen molar-refractivity contribution >= 4 is 0 Å². The molecule has 3 N–H and O–H groups in total. The molecule has 0 saturated carbocycles. The van der Waals surface area contributed by atoms with E-state index >= 15 is 0 Å². The van der Waals surface area contributed by atoms with Crippen LogP contribution in [-0.2, 0) is 0 Å². The third-order valence-corrected chi connectivity index (χ3v) is 1.67. The molecular formula is C19H51NO. The van der Waals surface area contributed by atoms with Gasteiger partial charge >= 0.3 is 0 Å². The predicted octanol–water partition coefficient (Wildman–Crippen LogP) is 6.53. The van der Waals surface area contributed by atoms with E-state index in [1.165, 1.54) is 12.0 Å². The molecule has 0 atom stereocenters. The number of nitrogens with two attached hydrogens (primary N) is 1. The molecule has 138 valence electrons. The van der Waals surface area contributed by atoms with Gasteiger partial charge in [0.1, 0.15) is 0 Å². The molecule has 0 rings (SSSR count). The first-order chi connectivity index (χ1) is 7.85. The normalized spacial score (nSPS) is 8.38. The summed E-state index contributed by atoms with van der Waals surface area (Å²) in [6, 6.07) is 0. The zero-order valence-electron chi connectivity index (χ0n) is 14.6. The van der Waals surface area contributed by atoms with Crippen LogP contribution in [0.3, 0.4) is 0 Å². The molecule has 0 aliphatic carbocycles. The minimum absolute atomic E-state index is 0. The summed E-state index contributed by atoms with van der Waals surface area (Å²) in [4.78, 5) is 0. The summed E-state index contributed by atoms with van der Waals surface area (Å²) in [5.74, 6) is 0. The van der Waals surface area contributed by atoms with E-state index in [9.17, 15) is 0 Å². The van der Waals surface area contributed by atoms with Gasteiger partial charge < -0.3 is 10.8 Å². The van der Waals surface area contributed by atoms with Crippen LogP contribution in [-0.4, -0.2) is 18.8 Å². The van der Waals surface area contributed by atoms with Crippen LogP contribution in [0.2, 0.25) is 0 Å². The molecule has 0 aromatic heterocycles. The number of aliphatic hydroxyl groups excluding tert-OH is 1. The largest absolute Gasteiger partial charge is 0.400 e. The highest BCUT2D eigenvalue weighted by atomic mass is 16.2. The van der Waals surface area contributed by atoms with E-state index in [0.29, 0.717) is 10.8 Å². The Bertz CT molecular complexity index is 143. The van der Waals surface area contributed by atoms with Gasteiger partial charge in [0, 0.05) is 7.11 Å². The summed E-state index contributed by atoms with van der Waals surface area (Å²) in [5.41, 5.74) is 7.33. The lowest BCUT2D eigenvalue weighted by molar-refractivity contribution is 0.398. The molecule has 0 aliphatic heterocycles. The van der Waals surface area contributed by atoms with Crippen LogP contribution in [0.25, 0.3) is 0 Å². The Morgan fingerprint density at radius 2 is 0.952 bits per heavy atom. The Labute approximate surface area is 139 Å². The molecule has 0 saturated heterocycles. The van der Waals surface area contributed by atoms with Gasteiger partial charge in [-0.1, -0.05) is 82.7 Å². The second-order valence-corrected chi connectivity index (χ2v) is 6.89. The summed E-state index contributed by atoms with van der Waals surface area (Å²) in [6.07, 6.45) is 1.27. The van der Waals surface area contributed by atoms with Crippen LogP contribution in [0.15, 0.2) is 12.2 Å². The highest BCUT2D eigenvalue weighted by Crippen LogP contribution is 2.16. The van der Waals surface area contributed by atoms with Crippen molar-refractivity contribution in [1.29, 1.82) is 0 Å². The summed E-state index contributed by atoms with van der Waals surface area (Å²) in [7, 11) is 1.00. The van der Waals surface area contributed by atoms with E-state index in [2.05, 4.69) is 55.0 Å². The van der Waals surface area contributed by atoms with Crippen molar-refractivity contribution in [1.82, 2.24) is 0 Å². The molecule has 21 heavy (non-hydrogen) atoms. The second kappa shape index (κ2) is 24.7. The molecule has 2 heteroatoms. The average Bonchev–Trinajstić information content (AvgIpc) is 2.19. The lowest BCUT2D eigenvalue weighted by Gasteiger charge is -2.12. The summed E-state index contributed by atoms with van der Waals surface area (Å²) >= 11 is 0. The zero-order chi connectivity index (χ0) is 16.0. The van der Waals surface area contributed by atoms with Crippen molar-refractivity contribution in [2.24, 2.45) is 16.6 Å². The fraction of sp³-hybridized carbons (Fsp3) is 0.895. The van der Waals surface area contributed by atoms with Crippen molar-refractivity contribution in [2.75, 3.05) is 13.7 Å². The van der Waals surface area contributed by atoms with Crippen molar-refractivity contribution in [3.05, 3.63) is 12.2 Å². The molecule has 0 fully saturated rings. The predicted molar refractivity (Wildman–Crippen MR) is 107 cm³/mol. The van der Waals surface area contributed by atoms with Crippen LogP contribution >= 0.6 is 0 Å². The topological polar surface area (TPSA) is 46.2 Å². The quantitative estimate of drug-likeness (QED) is 0.499. The summed E-state index contributed by atoms with van der Waals surface area (Å²) in [5, 5.41) is 7.00. The van der Waals surface area contributed by atoms with Crippen molar-refractivity contribution < 1.29 is 5.11 Å². The molecule has 0 bridgehead atoms. The average molecular weight is 310 g/mol. The van der Waals surface area contributed by atoms with Gasteiger partial charge in [-0.05, 0) is 31.2 Å². The Balaban J connectivity index is -0.0000000251. The van der Waals surface area contributed by atoms with Gasteiger partial charge in [-0.2, -0.15) is 0 Å². The summed E-state index contributed by atoms with van der Waals surface area (Å²) in [6.45, 7) is 23.6. The van der Waals surface area contributed by atoms with Crippen LogP contribution in [0.4, 0.5) is 0 Å². The van der Waals surface area contributed by atoms with Crippen molar-refractivity contribution in [3.8, 4) is 0 Å². The molecule has 0 spiro atoms. The Kier molecular flexibility index (Phi) is 50.3. The number of rotatable bonds is 0. The Morgan fingerprint density at radius 1 is 0.857 bits per heavy atom. The van der Waals surface area contributed by atoms with Crippen LogP contribution < -0.4 is 5.73 Å². The molecule has 0 aliphatic rings. The van der Waals surface area contributed by atoms with Gasteiger partial charge in [0.15, 0.2) is 0 Å². The van der Waals surface area contributed by atoms with E-state index in [1.807, 2.05) is 13.8 Å². The highest BCUT2D eigenvalue weighted by Gasteiger charge is 2.04. The van der Waals surface area contributed by atoms with E-state index in [-0.39, 0.29) is 22.3 Å². The zero-order valence-corrected chi connectivity index (χ0v) is 14.6. The maximum Gasteiger partial charge on any atom is 0.0319 e. The standard InChI is InChI=1S/C6H14.C5H13N.C4H8.CH4O.3CH4/c1-5-6(2,3)4;1-5(2,3)4-6;1-4(2)3;1-2;;;/h5H2,1-4H3;4,6H2,1-3H3;1H2,2-3H3;2H,1H3;3*1H4. The Morgan fingerprint density at radius 3 is 0.952 bits per heavy atom. The number of allylic oxidation sites excluding steroid dienone is 1. The van der Waals surface area contributed by atoms with Gasteiger partial charge in [-0.15, -0.1) is 6.58 Å². The molecule has 0 aromatic rings. The minimum Gasteiger partial charge on any atom is -0.400 e. The Hall–Kier alpha value is -0.340. The third-order valence-electron chi connectivity index (χ3n) is 1.67. The molecule has 0 unspecified atom stereocenters. The lowest BCUT2D eigenvalue weighted by Crippen LogP contribution is -2.18. The van der Waals surface area contributed by atoms with Crippen LogP contribution in [0, 0.1) is 10.8 Å². The van der Waals surface area contributed by atoms with E-state index in [1.54, 1.807) is 0 Å². The highest BCUT2D eigenvalue weighted by molar-refractivity contribution is 4.78. The van der Waals surface area contributed by atoms with Crippen molar-refractivity contribution in [3.63, 3.8) is 0 Å². The lowest BCUT2D eigenvalue weighted by atomic mass is 9.94. The number of hydrogen-bond acceptors (Lipinski definition) is 2. The SMILES string of the molecule is C.C.C.C=C(C)C.CC(C)(C)CN.CCC(C)(C)C.CO. The smallest absolute Gasteiger partial charge is 0.0319 e. The molecule has 2 nitrogen and oxygen atoms in total. The number of aliphatic hydroxyl groups is 1. The fourth-order valence-electron chi connectivity index (χ4n) is 0. The third kappa shape index (κ3) is 191. The first-order valence-electron chi connectivity index (χ1n) is 6.62. The van der Waals surface area contributed by atoms with E-state index in [4.69, 9.17) is 10.8 Å². The van der Waals surface area contributed by atoms with Gasteiger partial charge in [0.2, 0.25) is 0 Å². The van der Waals surface area contributed by atoms with Gasteiger partial charge in [0.25, 0.3) is 0 Å². The van der Waals surface area contributed by atoms with Crippen LogP contribution in [0.5, 0.6) is 0 Å². The fourth-order valence-corrected chi connectivity index (χ4v) is 0. The maximum absolute atomic E-state index is 7.00. The first kappa shape index (κ1) is 42.8. The van der Waals surface area contributed by atoms with Crippen molar-refractivity contribution in [2.45, 2.75) is 91.0 Å².